The fraction of sp³-hybridized carbons (Fsp3) is 0. The summed E-state index contributed by atoms with van der Waals surface area (Å²) < 4.78 is 4.80. The molecule has 0 atom stereocenters. The fourth-order valence-electron chi connectivity index (χ4n) is 9.26. The second kappa shape index (κ2) is 14.7. The van der Waals surface area contributed by atoms with Crippen LogP contribution >= 0.6 is 0 Å². The summed E-state index contributed by atoms with van der Waals surface area (Å²) in [5.41, 5.74) is 16.4. The van der Waals surface area contributed by atoms with E-state index in [0.29, 0.717) is 5.82 Å². The monoisotopic (exact) mass is 790 g/mol. The Morgan fingerprint density at radius 1 is 0.274 bits per heavy atom. The van der Waals surface area contributed by atoms with E-state index in [1.54, 1.807) is 0 Å². The Morgan fingerprint density at radius 3 is 1.39 bits per heavy atom. The Morgan fingerprint density at radius 2 is 0.742 bits per heavy atom. The lowest BCUT2D eigenvalue weighted by Gasteiger charge is -2.11. The molecule has 3 aromatic heterocycles. The topological polar surface area (TPSA) is 35.6 Å². The summed E-state index contributed by atoms with van der Waals surface area (Å²) >= 11 is 0. The molecule has 0 amide bonds. The first-order valence-corrected chi connectivity index (χ1v) is 21.1. The number of para-hydroxylation sites is 3. The molecular weight excluding hydrogens is 753 g/mol. The van der Waals surface area contributed by atoms with Gasteiger partial charge in [-0.15, -0.1) is 0 Å². The van der Waals surface area contributed by atoms with E-state index in [1.807, 2.05) is 12.1 Å². The molecular formula is C58H38N4. The van der Waals surface area contributed by atoms with E-state index in [9.17, 15) is 0 Å². The molecule has 62 heavy (non-hydrogen) atoms. The van der Waals surface area contributed by atoms with Crippen LogP contribution in [0.2, 0.25) is 0 Å². The SMILES string of the molecule is c1ccc(-c2cc(-c3ccccc3)nc(-c3cccc(-c4cccc5c4c4ccc(-c6ccc7c8ccccc8n(-c8ccccc8)c7c6)cc4n5-c4ccccc4)c3)n2)cc1. The van der Waals surface area contributed by atoms with Gasteiger partial charge in [-0.25, -0.2) is 9.97 Å². The van der Waals surface area contributed by atoms with E-state index in [2.05, 4.69) is 228 Å². The predicted octanol–water partition coefficient (Wildman–Crippen LogP) is 15.0. The van der Waals surface area contributed by atoms with Crippen LogP contribution in [-0.4, -0.2) is 19.1 Å². The van der Waals surface area contributed by atoms with Crippen LogP contribution in [0, 0.1) is 0 Å². The molecule has 0 fully saturated rings. The Labute approximate surface area is 359 Å². The number of rotatable bonds is 7. The number of benzene rings is 9. The van der Waals surface area contributed by atoms with Gasteiger partial charge in [-0.05, 0) is 82.9 Å². The van der Waals surface area contributed by atoms with E-state index in [0.717, 1.165) is 67.2 Å². The predicted molar refractivity (Wildman–Crippen MR) is 258 cm³/mol. The Bertz CT molecular complexity index is 3550. The Hall–Kier alpha value is -8.34. The van der Waals surface area contributed by atoms with Crippen LogP contribution in [0.15, 0.2) is 231 Å². The molecule has 4 heteroatoms. The maximum atomic E-state index is 5.17. The summed E-state index contributed by atoms with van der Waals surface area (Å²) in [6.45, 7) is 0. The standard InChI is InChI=1S/C58H38N4/c1-5-17-39(18-6-1)51-38-52(40-19-7-2-8-20-40)60-58(59-51)44-22-15-21-43(35-44)47-28-16-30-54-57(47)50-34-32-42(37-56(50)62(54)46-25-11-4-12-26-46)41-31-33-49-48-27-13-14-29-53(48)61(55(49)36-41)45-23-9-3-10-24-45/h1-38H. The van der Waals surface area contributed by atoms with Crippen molar-refractivity contribution in [2.24, 2.45) is 0 Å². The lowest BCUT2D eigenvalue weighted by atomic mass is 9.96. The smallest absolute Gasteiger partial charge is 0.160 e. The first kappa shape index (κ1) is 35.6. The van der Waals surface area contributed by atoms with Crippen LogP contribution in [0.5, 0.6) is 0 Å². The van der Waals surface area contributed by atoms with Crippen molar-refractivity contribution in [1.82, 2.24) is 19.1 Å². The third kappa shape index (κ3) is 6.00. The molecule has 3 heterocycles. The van der Waals surface area contributed by atoms with Gasteiger partial charge in [0.2, 0.25) is 0 Å². The van der Waals surface area contributed by atoms with Crippen molar-refractivity contribution in [2.45, 2.75) is 0 Å². The molecule has 0 saturated heterocycles. The summed E-state index contributed by atoms with van der Waals surface area (Å²) in [7, 11) is 0. The summed E-state index contributed by atoms with van der Waals surface area (Å²) in [5, 5.41) is 4.90. The van der Waals surface area contributed by atoms with Crippen LogP contribution < -0.4 is 0 Å². The molecule has 290 valence electrons. The maximum absolute atomic E-state index is 5.17. The zero-order valence-electron chi connectivity index (χ0n) is 33.7. The van der Waals surface area contributed by atoms with Crippen LogP contribution in [0.4, 0.5) is 0 Å². The maximum Gasteiger partial charge on any atom is 0.160 e. The third-order valence-electron chi connectivity index (χ3n) is 12.1. The summed E-state index contributed by atoms with van der Waals surface area (Å²) in [4.78, 5) is 10.3. The van der Waals surface area contributed by atoms with Crippen molar-refractivity contribution in [3.8, 4) is 67.5 Å². The second-order valence-corrected chi connectivity index (χ2v) is 15.8. The van der Waals surface area contributed by atoms with Gasteiger partial charge in [0, 0.05) is 49.6 Å². The highest BCUT2D eigenvalue weighted by Crippen LogP contribution is 2.42. The lowest BCUT2D eigenvalue weighted by Crippen LogP contribution is -1.96. The number of nitrogens with zero attached hydrogens (tertiary/aromatic N) is 4. The molecule has 0 unspecified atom stereocenters. The zero-order chi connectivity index (χ0) is 41.0. The van der Waals surface area contributed by atoms with Gasteiger partial charge < -0.3 is 9.13 Å². The molecule has 0 spiro atoms. The van der Waals surface area contributed by atoms with Crippen LogP contribution in [0.25, 0.3) is 111 Å². The molecule has 0 aliphatic rings. The molecule has 0 aliphatic heterocycles. The van der Waals surface area contributed by atoms with Crippen molar-refractivity contribution >= 4 is 43.6 Å². The van der Waals surface area contributed by atoms with Crippen LogP contribution in [0.3, 0.4) is 0 Å². The number of hydrogen-bond donors (Lipinski definition) is 0. The highest BCUT2D eigenvalue weighted by Gasteiger charge is 2.19. The van der Waals surface area contributed by atoms with E-state index < -0.39 is 0 Å². The minimum Gasteiger partial charge on any atom is -0.309 e. The Kier molecular flexibility index (Phi) is 8.46. The van der Waals surface area contributed by atoms with Gasteiger partial charge in [-0.2, -0.15) is 0 Å². The number of fused-ring (bicyclic) bond motifs is 6. The molecule has 0 radical (unpaired) electrons. The highest BCUT2D eigenvalue weighted by atomic mass is 15.0. The van der Waals surface area contributed by atoms with Crippen LogP contribution in [-0.2, 0) is 0 Å². The van der Waals surface area contributed by atoms with Crippen molar-refractivity contribution in [2.75, 3.05) is 0 Å². The molecule has 0 aliphatic carbocycles. The zero-order valence-corrected chi connectivity index (χ0v) is 33.7. The molecule has 0 bridgehead atoms. The van der Waals surface area contributed by atoms with Gasteiger partial charge in [0.25, 0.3) is 0 Å². The normalized spacial score (nSPS) is 11.5. The van der Waals surface area contributed by atoms with Gasteiger partial charge in [-0.3, -0.25) is 0 Å². The first-order chi connectivity index (χ1) is 30.7. The minimum atomic E-state index is 0.693. The molecule has 4 nitrogen and oxygen atoms in total. The molecule has 0 N–H and O–H groups in total. The highest BCUT2D eigenvalue weighted by molar-refractivity contribution is 6.17. The van der Waals surface area contributed by atoms with E-state index in [1.165, 1.54) is 38.1 Å². The van der Waals surface area contributed by atoms with Gasteiger partial charge in [0.1, 0.15) is 0 Å². The first-order valence-electron chi connectivity index (χ1n) is 21.1. The van der Waals surface area contributed by atoms with Gasteiger partial charge >= 0.3 is 0 Å². The van der Waals surface area contributed by atoms with Crippen LogP contribution in [0.1, 0.15) is 0 Å². The lowest BCUT2D eigenvalue weighted by molar-refractivity contribution is 1.18. The summed E-state index contributed by atoms with van der Waals surface area (Å²) in [6.07, 6.45) is 0. The van der Waals surface area contributed by atoms with Gasteiger partial charge in [0.05, 0.1) is 33.5 Å². The molecule has 9 aromatic carbocycles. The van der Waals surface area contributed by atoms with Gasteiger partial charge in [-0.1, -0.05) is 170 Å². The largest absolute Gasteiger partial charge is 0.309 e. The second-order valence-electron chi connectivity index (χ2n) is 15.8. The number of aromatic nitrogens is 4. The minimum absolute atomic E-state index is 0.693. The average Bonchev–Trinajstić information content (AvgIpc) is 3.87. The van der Waals surface area contributed by atoms with E-state index in [4.69, 9.17) is 9.97 Å². The van der Waals surface area contributed by atoms with Crippen molar-refractivity contribution in [3.05, 3.63) is 231 Å². The summed E-state index contributed by atoms with van der Waals surface area (Å²) in [6, 6.07) is 82.2. The Balaban J connectivity index is 1.04. The molecule has 0 saturated carbocycles. The van der Waals surface area contributed by atoms with Crippen molar-refractivity contribution < 1.29 is 0 Å². The summed E-state index contributed by atoms with van der Waals surface area (Å²) in [5.74, 6) is 0.693. The average molecular weight is 791 g/mol. The molecule has 12 aromatic rings. The van der Waals surface area contributed by atoms with Crippen molar-refractivity contribution in [3.63, 3.8) is 0 Å². The van der Waals surface area contributed by atoms with Gasteiger partial charge in [0.15, 0.2) is 5.82 Å². The van der Waals surface area contributed by atoms with Crippen molar-refractivity contribution in [1.29, 1.82) is 0 Å². The quantitative estimate of drug-likeness (QED) is 0.161. The number of hydrogen-bond acceptors (Lipinski definition) is 2. The van der Waals surface area contributed by atoms with E-state index >= 15 is 0 Å². The fourth-order valence-corrected chi connectivity index (χ4v) is 9.26. The third-order valence-corrected chi connectivity index (χ3v) is 12.1. The van der Waals surface area contributed by atoms with E-state index in [-0.39, 0.29) is 0 Å². The molecule has 12 rings (SSSR count).